The van der Waals surface area contributed by atoms with Crippen molar-refractivity contribution in [2.45, 2.75) is 44.8 Å². The Hall–Kier alpha value is -1.49. The zero-order valence-electron chi connectivity index (χ0n) is 12.1. The van der Waals surface area contributed by atoms with E-state index in [2.05, 4.69) is 16.9 Å². The molecule has 3 rings (SSSR count). The molecule has 1 aromatic heterocycles. The van der Waals surface area contributed by atoms with Crippen molar-refractivity contribution in [3.05, 3.63) is 24.3 Å². The summed E-state index contributed by atoms with van der Waals surface area (Å²) in [6.45, 7) is 3.10. The lowest BCUT2D eigenvalue weighted by Gasteiger charge is -2.42. The number of rotatable bonds is 2. The molecule has 0 N–H and O–H groups in total. The van der Waals surface area contributed by atoms with Crippen molar-refractivity contribution in [3.8, 4) is 0 Å². The Morgan fingerprint density at radius 3 is 3.00 bits per heavy atom. The molecule has 1 aliphatic heterocycles. The van der Waals surface area contributed by atoms with E-state index >= 15 is 0 Å². The molecule has 20 heavy (non-hydrogen) atoms. The highest BCUT2D eigenvalue weighted by atomic mass is 16.5. The third-order valence-electron chi connectivity index (χ3n) is 4.94. The number of amides is 1. The molecule has 1 amide bonds. The maximum Gasteiger partial charge on any atom is 0.274 e. The highest BCUT2D eigenvalue weighted by Crippen LogP contribution is 2.47. The average Bonchev–Trinajstić information content (AvgIpc) is 2.83. The fourth-order valence-corrected chi connectivity index (χ4v) is 3.78. The minimum atomic E-state index is 0.0164. The van der Waals surface area contributed by atoms with Crippen LogP contribution in [0.25, 0.3) is 0 Å². The summed E-state index contributed by atoms with van der Waals surface area (Å²) in [6.07, 6.45) is 9.18. The van der Waals surface area contributed by atoms with Crippen molar-refractivity contribution in [1.29, 1.82) is 0 Å². The van der Waals surface area contributed by atoms with Crippen LogP contribution in [0.4, 0.5) is 0 Å². The Morgan fingerprint density at radius 1 is 1.45 bits per heavy atom. The first-order valence-electron chi connectivity index (χ1n) is 7.24. The van der Waals surface area contributed by atoms with E-state index in [1.807, 2.05) is 4.90 Å². The van der Waals surface area contributed by atoms with Gasteiger partial charge in [-0.3, -0.25) is 9.78 Å². The molecule has 0 bridgehead atoms. The summed E-state index contributed by atoms with van der Waals surface area (Å²) in [5.74, 6) is 0.0164. The molecule has 2 heterocycles. The number of ether oxygens (including phenoxy) is 1. The SMILES string of the molecule is CO[C@@H]1CC[C@H]2N(C(=O)c3cnccn3)CC[C@@]2(C)C1. The Bertz CT molecular complexity index is 493. The van der Waals surface area contributed by atoms with Gasteiger partial charge in [0.05, 0.1) is 12.3 Å². The molecule has 108 valence electrons. The van der Waals surface area contributed by atoms with E-state index in [1.54, 1.807) is 25.7 Å². The van der Waals surface area contributed by atoms with Crippen molar-refractivity contribution in [2.24, 2.45) is 5.41 Å². The third-order valence-corrected chi connectivity index (χ3v) is 4.94. The summed E-state index contributed by atoms with van der Waals surface area (Å²) in [5.41, 5.74) is 0.627. The van der Waals surface area contributed by atoms with Crippen LogP contribution in [0.1, 0.15) is 43.1 Å². The van der Waals surface area contributed by atoms with Crippen LogP contribution < -0.4 is 0 Å². The molecule has 5 heteroatoms. The van der Waals surface area contributed by atoms with Crippen molar-refractivity contribution < 1.29 is 9.53 Å². The predicted molar refractivity (Wildman–Crippen MR) is 74.2 cm³/mol. The first kappa shape index (κ1) is 13.5. The van der Waals surface area contributed by atoms with Gasteiger partial charge in [-0.25, -0.2) is 4.98 Å². The number of carbonyl (C=O) groups is 1. The normalized spacial score (nSPS) is 33.0. The molecular weight excluding hydrogens is 254 g/mol. The number of fused-ring (bicyclic) bond motifs is 1. The maximum absolute atomic E-state index is 12.6. The molecule has 1 saturated carbocycles. The molecule has 0 aromatic carbocycles. The van der Waals surface area contributed by atoms with E-state index in [1.165, 1.54) is 0 Å². The monoisotopic (exact) mass is 275 g/mol. The second-order valence-electron chi connectivity index (χ2n) is 6.15. The number of nitrogens with zero attached hydrogens (tertiary/aromatic N) is 3. The van der Waals surface area contributed by atoms with Crippen LogP contribution in [-0.4, -0.2) is 46.6 Å². The molecule has 0 spiro atoms. The van der Waals surface area contributed by atoms with Gasteiger partial charge in [-0.15, -0.1) is 0 Å². The number of hydrogen-bond donors (Lipinski definition) is 0. The van der Waals surface area contributed by atoms with E-state index in [0.717, 1.165) is 32.2 Å². The van der Waals surface area contributed by atoms with Gasteiger partial charge in [0, 0.05) is 32.1 Å². The molecule has 0 radical (unpaired) electrons. The Kier molecular flexibility index (Phi) is 3.46. The molecule has 5 nitrogen and oxygen atoms in total. The first-order chi connectivity index (χ1) is 9.64. The molecule has 0 unspecified atom stereocenters. The molecule has 1 saturated heterocycles. The number of methoxy groups -OCH3 is 1. The lowest BCUT2D eigenvalue weighted by molar-refractivity contribution is -0.00288. The molecule has 3 atom stereocenters. The minimum Gasteiger partial charge on any atom is -0.381 e. The van der Waals surface area contributed by atoms with Gasteiger partial charge in [0.15, 0.2) is 0 Å². The van der Waals surface area contributed by atoms with Crippen LogP contribution in [0.2, 0.25) is 0 Å². The number of aromatic nitrogens is 2. The van der Waals surface area contributed by atoms with Gasteiger partial charge in [-0.05, 0) is 31.1 Å². The van der Waals surface area contributed by atoms with Gasteiger partial charge in [0.1, 0.15) is 5.69 Å². The molecule has 2 fully saturated rings. The molecule has 1 aliphatic carbocycles. The van der Waals surface area contributed by atoms with E-state index in [9.17, 15) is 4.79 Å². The summed E-state index contributed by atoms with van der Waals surface area (Å²) in [4.78, 5) is 22.7. The number of likely N-dealkylation sites (tertiary alicyclic amines) is 1. The molecule has 1 aromatic rings. The van der Waals surface area contributed by atoms with Crippen LogP contribution in [0.15, 0.2) is 18.6 Å². The minimum absolute atomic E-state index is 0.0164. The van der Waals surface area contributed by atoms with E-state index < -0.39 is 0 Å². The summed E-state index contributed by atoms with van der Waals surface area (Å²) < 4.78 is 5.52. The van der Waals surface area contributed by atoms with Gasteiger partial charge in [-0.1, -0.05) is 6.92 Å². The van der Waals surface area contributed by atoms with E-state index in [0.29, 0.717) is 17.8 Å². The van der Waals surface area contributed by atoms with Crippen LogP contribution in [0.5, 0.6) is 0 Å². The topological polar surface area (TPSA) is 55.3 Å². The van der Waals surface area contributed by atoms with Crippen molar-refractivity contribution >= 4 is 5.91 Å². The summed E-state index contributed by atoms with van der Waals surface area (Å²) >= 11 is 0. The van der Waals surface area contributed by atoms with Crippen LogP contribution in [0, 0.1) is 5.41 Å². The highest BCUT2D eigenvalue weighted by Gasteiger charge is 2.49. The zero-order chi connectivity index (χ0) is 14.2. The fraction of sp³-hybridized carbons (Fsp3) is 0.667. The quantitative estimate of drug-likeness (QED) is 0.827. The van der Waals surface area contributed by atoms with Gasteiger partial charge in [-0.2, -0.15) is 0 Å². The highest BCUT2D eigenvalue weighted by molar-refractivity contribution is 5.92. The Labute approximate surface area is 119 Å². The summed E-state index contributed by atoms with van der Waals surface area (Å²) in [7, 11) is 1.78. The first-order valence-corrected chi connectivity index (χ1v) is 7.24. The Morgan fingerprint density at radius 2 is 2.30 bits per heavy atom. The van der Waals surface area contributed by atoms with Crippen LogP contribution in [0.3, 0.4) is 0 Å². The van der Waals surface area contributed by atoms with Gasteiger partial charge in [0.25, 0.3) is 5.91 Å². The zero-order valence-corrected chi connectivity index (χ0v) is 12.1. The lowest BCUT2D eigenvalue weighted by Crippen LogP contribution is -2.46. The van der Waals surface area contributed by atoms with E-state index in [4.69, 9.17) is 4.74 Å². The van der Waals surface area contributed by atoms with Crippen LogP contribution in [-0.2, 0) is 4.74 Å². The second kappa shape index (κ2) is 5.13. The summed E-state index contributed by atoms with van der Waals surface area (Å²) in [5, 5.41) is 0. The standard InChI is InChI=1S/C15H21N3O2/c1-15-5-8-18(13(15)4-3-11(9-15)20-2)14(19)12-10-16-6-7-17-12/h6-7,10-11,13H,3-5,8-9H2,1-2H3/t11-,13-,15+/m1/s1. The molecule has 2 aliphatic rings. The number of hydrogen-bond acceptors (Lipinski definition) is 4. The fourth-order valence-electron chi connectivity index (χ4n) is 3.78. The lowest BCUT2D eigenvalue weighted by atomic mass is 9.71. The van der Waals surface area contributed by atoms with Crippen molar-refractivity contribution in [2.75, 3.05) is 13.7 Å². The van der Waals surface area contributed by atoms with Gasteiger partial charge < -0.3 is 9.64 Å². The predicted octanol–water partition coefficient (Wildman–Crippen LogP) is 1.90. The summed E-state index contributed by atoms with van der Waals surface area (Å²) in [6, 6.07) is 0.309. The van der Waals surface area contributed by atoms with Gasteiger partial charge >= 0.3 is 0 Å². The van der Waals surface area contributed by atoms with Gasteiger partial charge in [0.2, 0.25) is 0 Å². The van der Waals surface area contributed by atoms with Crippen molar-refractivity contribution in [3.63, 3.8) is 0 Å². The van der Waals surface area contributed by atoms with Crippen molar-refractivity contribution in [1.82, 2.24) is 14.9 Å². The largest absolute Gasteiger partial charge is 0.381 e. The smallest absolute Gasteiger partial charge is 0.274 e. The van der Waals surface area contributed by atoms with Crippen LogP contribution >= 0.6 is 0 Å². The molecular formula is C15H21N3O2. The second-order valence-corrected chi connectivity index (χ2v) is 6.15. The third kappa shape index (κ3) is 2.20. The Balaban J connectivity index is 1.79. The number of carbonyl (C=O) groups excluding carboxylic acids is 1. The average molecular weight is 275 g/mol. The maximum atomic E-state index is 12.6. The van der Waals surface area contributed by atoms with E-state index in [-0.39, 0.29) is 11.3 Å².